The topological polar surface area (TPSA) is 75.9 Å². The second-order valence-corrected chi connectivity index (χ2v) is 6.14. The lowest BCUT2D eigenvalue weighted by Crippen LogP contribution is -2.38. The molecule has 24 heavy (non-hydrogen) atoms. The van der Waals surface area contributed by atoms with Crippen molar-refractivity contribution in [3.8, 4) is 0 Å². The highest BCUT2D eigenvalue weighted by Gasteiger charge is 2.21. The minimum Gasteiger partial charge on any atom is -0.350 e. The van der Waals surface area contributed by atoms with Gasteiger partial charge in [-0.3, -0.25) is 14.7 Å². The summed E-state index contributed by atoms with van der Waals surface area (Å²) in [5, 5.41) is 7.22. The maximum Gasteiger partial charge on any atom is 0.269 e. The van der Waals surface area contributed by atoms with Crippen LogP contribution < -0.4 is 5.32 Å². The largest absolute Gasteiger partial charge is 0.350 e. The number of aryl methyl sites for hydroxylation is 1. The molecule has 0 unspecified atom stereocenters. The number of nitrogens with one attached hydrogen (secondary N) is 1. The second kappa shape index (κ2) is 8.01. The van der Waals surface area contributed by atoms with Gasteiger partial charge in [-0.1, -0.05) is 6.07 Å². The van der Waals surface area contributed by atoms with Crippen LogP contribution in [-0.2, 0) is 13.1 Å². The quantitative estimate of drug-likeness (QED) is 0.866. The Morgan fingerprint density at radius 1 is 1.29 bits per heavy atom. The first-order valence-electron chi connectivity index (χ1n) is 8.54. The van der Waals surface area contributed by atoms with Crippen molar-refractivity contribution in [1.82, 2.24) is 30.0 Å². The number of likely N-dealkylation sites (tertiary alicyclic amines) is 1. The van der Waals surface area contributed by atoms with Crippen LogP contribution in [0.25, 0.3) is 0 Å². The van der Waals surface area contributed by atoms with Crippen molar-refractivity contribution in [1.29, 1.82) is 0 Å². The van der Waals surface area contributed by atoms with E-state index in [1.54, 1.807) is 18.6 Å². The number of aromatic nitrogens is 4. The summed E-state index contributed by atoms with van der Waals surface area (Å²) in [7, 11) is 0. The Bertz CT molecular complexity index is 648. The molecule has 7 heteroatoms. The molecule has 2 aromatic heterocycles. The van der Waals surface area contributed by atoms with Crippen molar-refractivity contribution in [2.75, 3.05) is 19.6 Å². The third-order valence-electron chi connectivity index (χ3n) is 4.52. The van der Waals surface area contributed by atoms with E-state index in [0.29, 0.717) is 18.2 Å². The van der Waals surface area contributed by atoms with Crippen molar-refractivity contribution >= 4 is 5.91 Å². The number of hydrogen-bond donors (Lipinski definition) is 1. The SMILES string of the molecule is CCn1ncnc1CN1CCC(CNC(=O)c2ccccn2)CC1. The van der Waals surface area contributed by atoms with Crippen LogP contribution in [0.5, 0.6) is 0 Å². The molecule has 1 amide bonds. The Kier molecular flexibility index (Phi) is 5.53. The average molecular weight is 328 g/mol. The van der Waals surface area contributed by atoms with Crippen molar-refractivity contribution in [3.63, 3.8) is 0 Å². The number of piperidine rings is 1. The molecule has 0 atom stereocenters. The van der Waals surface area contributed by atoms with E-state index in [0.717, 1.165) is 44.8 Å². The molecule has 3 rings (SSSR count). The molecule has 0 saturated carbocycles. The molecule has 1 aliphatic rings. The lowest BCUT2D eigenvalue weighted by atomic mass is 9.96. The molecule has 7 nitrogen and oxygen atoms in total. The minimum absolute atomic E-state index is 0.0888. The molecule has 1 aliphatic heterocycles. The van der Waals surface area contributed by atoms with Crippen molar-refractivity contribution in [2.24, 2.45) is 5.92 Å². The molecule has 3 heterocycles. The summed E-state index contributed by atoms with van der Waals surface area (Å²) < 4.78 is 1.94. The van der Waals surface area contributed by atoms with Crippen molar-refractivity contribution < 1.29 is 4.79 Å². The fourth-order valence-corrected chi connectivity index (χ4v) is 3.05. The van der Waals surface area contributed by atoms with Gasteiger partial charge in [-0.15, -0.1) is 0 Å². The van der Waals surface area contributed by atoms with Gasteiger partial charge in [0.15, 0.2) is 0 Å². The molecule has 0 aliphatic carbocycles. The van der Waals surface area contributed by atoms with Gasteiger partial charge in [0.2, 0.25) is 0 Å². The zero-order valence-electron chi connectivity index (χ0n) is 14.1. The predicted molar refractivity (Wildman–Crippen MR) is 90.3 cm³/mol. The molecule has 128 valence electrons. The smallest absolute Gasteiger partial charge is 0.269 e. The summed E-state index contributed by atoms with van der Waals surface area (Å²) in [6, 6.07) is 5.38. The highest BCUT2D eigenvalue weighted by atomic mass is 16.1. The highest BCUT2D eigenvalue weighted by Crippen LogP contribution is 2.18. The van der Waals surface area contributed by atoms with Gasteiger partial charge in [0.05, 0.1) is 6.54 Å². The molecule has 0 bridgehead atoms. The fourth-order valence-electron chi connectivity index (χ4n) is 3.05. The van der Waals surface area contributed by atoms with Gasteiger partial charge in [0.25, 0.3) is 5.91 Å². The van der Waals surface area contributed by atoms with Crippen LogP contribution in [0, 0.1) is 5.92 Å². The Morgan fingerprint density at radius 3 is 2.83 bits per heavy atom. The van der Waals surface area contributed by atoms with Gasteiger partial charge in [0, 0.05) is 19.3 Å². The van der Waals surface area contributed by atoms with Gasteiger partial charge < -0.3 is 5.32 Å². The summed E-state index contributed by atoms with van der Waals surface area (Å²) in [6.45, 7) is 6.55. The molecule has 1 fully saturated rings. The molecule has 2 aromatic rings. The summed E-state index contributed by atoms with van der Waals surface area (Å²) >= 11 is 0. The monoisotopic (exact) mass is 328 g/mol. The number of amides is 1. The molecule has 1 saturated heterocycles. The Morgan fingerprint density at radius 2 is 2.12 bits per heavy atom. The van der Waals surface area contributed by atoms with E-state index in [2.05, 4.69) is 32.2 Å². The zero-order valence-corrected chi connectivity index (χ0v) is 14.1. The van der Waals surface area contributed by atoms with Crippen LogP contribution >= 0.6 is 0 Å². The van der Waals surface area contributed by atoms with Crippen molar-refractivity contribution in [2.45, 2.75) is 32.9 Å². The van der Waals surface area contributed by atoms with E-state index in [1.807, 2.05) is 16.8 Å². The Balaban J connectivity index is 1.41. The third-order valence-corrected chi connectivity index (χ3v) is 4.52. The van der Waals surface area contributed by atoms with Gasteiger partial charge in [0.1, 0.15) is 17.8 Å². The number of carbonyl (C=O) groups excluding carboxylic acids is 1. The Labute approximate surface area is 142 Å². The van der Waals surface area contributed by atoms with Crippen LogP contribution in [0.3, 0.4) is 0 Å². The van der Waals surface area contributed by atoms with Crippen LogP contribution in [-0.4, -0.2) is 50.2 Å². The first kappa shape index (κ1) is 16.6. The summed E-state index contributed by atoms with van der Waals surface area (Å²) in [5.41, 5.74) is 0.480. The van der Waals surface area contributed by atoms with Gasteiger partial charge >= 0.3 is 0 Å². The Hall–Kier alpha value is -2.28. The number of pyridine rings is 1. The standard InChI is InChI=1S/C17H24N6O/c1-2-23-16(20-13-21-23)12-22-9-6-14(7-10-22)11-19-17(24)15-5-3-4-8-18-15/h3-5,8,13-14H,2,6-7,9-12H2,1H3,(H,19,24). The minimum atomic E-state index is -0.0888. The van der Waals surface area contributed by atoms with Crippen LogP contribution in [0.4, 0.5) is 0 Å². The third kappa shape index (κ3) is 4.17. The fraction of sp³-hybridized carbons (Fsp3) is 0.529. The second-order valence-electron chi connectivity index (χ2n) is 6.14. The zero-order chi connectivity index (χ0) is 16.8. The van der Waals surface area contributed by atoms with Crippen LogP contribution in [0.15, 0.2) is 30.7 Å². The van der Waals surface area contributed by atoms with Crippen molar-refractivity contribution in [3.05, 3.63) is 42.2 Å². The molecule has 0 radical (unpaired) electrons. The van der Waals surface area contributed by atoms with E-state index >= 15 is 0 Å². The van der Waals surface area contributed by atoms with Gasteiger partial charge in [-0.25, -0.2) is 9.67 Å². The van der Waals surface area contributed by atoms with Crippen LogP contribution in [0.1, 0.15) is 36.1 Å². The summed E-state index contributed by atoms with van der Waals surface area (Å²) in [5.74, 6) is 1.46. The number of hydrogen-bond acceptors (Lipinski definition) is 5. The average Bonchev–Trinajstić information content (AvgIpc) is 3.08. The lowest BCUT2D eigenvalue weighted by Gasteiger charge is -2.31. The maximum atomic E-state index is 12.0. The molecule has 1 N–H and O–H groups in total. The lowest BCUT2D eigenvalue weighted by molar-refractivity contribution is 0.0929. The van der Waals surface area contributed by atoms with Gasteiger partial charge in [-0.2, -0.15) is 5.10 Å². The van der Waals surface area contributed by atoms with E-state index < -0.39 is 0 Å². The maximum absolute atomic E-state index is 12.0. The highest BCUT2D eigenvalue weighted by molar-refractivity contribution is 5.92. The van der Waals surface area contributed by atoms with E-state index in [1.165, 1.54) is 0 Å². The number of carbonyl (C=O) groups is 1. The first-order valence-corrected chi connectivity index (χ1v) is 8.54. The molecule has 0 spiro atoms. The van der Waals surface area contributed by atoms with E-state index in [9.17, 15) is 4.79 Å². The number of nitrogens with zero attached hydrogens (tertiary/aromatic N) is 5. The summed E-state index contributed by atoms with van der Waals surface area (Å²) in [6.07, 6.45) is 5.44. The van der Waals surface area contributed by atoms with E-state index in [-0.39, 0.29) is 5.91 Å². The normalized spacial score (nSPS) is 16.2. The van der Waals surface area contributed by atoms with Crippen LogP contribution in [0.2, 0.25) is 0 Å². The number of rotatable bonds is 6. The molecular weight excluding hydrogens is 304 g/mol. The predicted octanol–water partition coefficient (Wildman–Crippen LogP) is 1.33. The van der Waals surface area contributed by atoms with Gasteiger partial charge in [-0.05, 0) is 50.9 Å². The van der Waals surface area contributed by atoms with E-state index in [4.69, 9.17) is 0 Å². The molecule has 0 aromatic carbocycles. The molecular formula is C17H24N6O. The summed E-state index contributed by atoms with van der Waals surface area (Å²) in [4.78, 5) is 22.9. The first-order chi connectivity index (χ1) is 11.8.